The molecule has 2 aromatic heterocycles. The Kier molecular flexibility index (Phi) is 5.03. The lowest BCUT2D eigenvalue weighted by Gasteiger charge is -2.14. The summed E-state index contributed by atoms with van der Waals surface area (Å²) in [6, 6.07) is 5.70. The van der Waals surface area contributed by atoms with Crippen molar-refractivity contribution < 1.29 is 39.5 Å². The van der Waals surface area contributed by atoms with E-state index in [1.165, 1.54) is 18.3 Å². The number of hydrogen-bond donors (Lipinski definition) is 1. The standard InChI is InChI=1S/C16H9F6N3O3S/c17-15(18,19)13-4-3-11(8-24-13)29(26,27)25-12-7-10(28-16(20,21)22)6-9-2-1-5-23-14(9)12/h1-8,25H. The van der Waals surface area contributed by atoms with Gasteiger partial charge in [-0.25, -0.2) is 8.42 Å². The summed E-state index contributed by atoms with van der Waals surface area (Å²) < 4.78 is 106. The third-order valence-corrected chi connectivity index (χ3v) is 4.84. The number of halogens is 6. The Hall–Kier alpha value is -3.09. The van der Waals surface area contributed by atoms with Gasteiger partial charge in [-0.15, -0.1) is 13.2 Å². The van der Waals surface area contributed by atoms with Gasteiger partial charge in [0, 0.05) is 23.8 Å². The van der Waals surface area contributed by atoms with Crippen LogP contribution in [0.2, 0.25) is 0 Å². The molecule has 0 atom stereocenters. The van der Waals surface area contributed by atoms with Gasteiger partial charge in [-0.3, -0.25) is 14.7 Å². The van der Waals surface area contributed by atoms with Gasteiger partial charge in [0.25, 0.3) is 10.0 Å². The van der Waals surface area contributed by atoms with Gasteiger partial charge in [-0.05, 0) is 24.3 Å². The summed E-state index contributed by atoms with van der Waals surface area (Å²) >= 11 is 0. The monoisotopic (exact) mass is 437 g/mol. The molecule has 3 rings (SSSR count). The maximum absolute atomic E-state index is 12.6. The van der Waals surface area contributed by atoms with E-state index in [0.29, 0.717) is 18.3 Å². The number of benzene rings is 1. The van der Waals surface area contributed by atoms with E-state index < -0.39 is 38.9 Å². The molecule has 0 amide bonds. The molecule has 0 saturated carbocycles. The lowest BCUT2D eigenvalue weighted by molar-refractivity contribution is -0.274. The smallest absolute Gasteiger partial charge is 0.406 e. The molecule has 0 fully saturated rings. The summed E-state index contributed by atoms with van der Waals surface area (Å²) in [5.74, 6) is -0.707. The van der Waals surface area contributed by atoms with Crippen LogP contribution in [0.25, 0.3) is 10.9 Å². The van der Waals surface area contributed by atoms with E-state index in [1.807, 2.05) is 4.72 Å². The van der Waals surface area contributed by atoms with E-state index in [9.17, 15) is 34.8 Å². The van der Waals surface area contributed by atoms with Crippen molar-refractivity contribution in [2.24, 2.45) is 0 Å². The highest BCUT2D eigenvalue weighted by molar-refractivity contribution is 7.92. The van der Waals surface area contributed by atoms with E-state index in [0.717, 1.165) is 12.1 Å². The van der Waals surface area contributed by atoms with Crippen LogP contribution < -0.4 is 9.46 Å². The van der Waals surface area contributed by atoms with E-state index in [2.05, 4.69) is 14.7 Å². The number of hydrogen-bond acceptors (Lipinski definition) is 5. The molecular weight excluding hydrogens is 428 g/mol. The first-order chi connectivity index (χ1) is 13.4. The van der Waals surface area contributed by atoms with Gasteiger partial charge in [0.15, 0.2) is 0 Å². The number of aromatic nitrogens is 2. The molecular formula is C16H9F6N3O3S. The molecule has 154 valence electrons. The maximum Gasteiger partial charge on any atom is 0.573 e. The van der Waals surface area contributed by atoms with Crippen LogP contribution in [0.3, 0.4) is 0 Å². The zero-order chi connectivity index (χ0) is 21.4. The quantitative estimate of drug-likeness (QED) is 0.614. The highest BCUT2D eigenvalue weighted by Gasteiger charge is 2.33. The fourth-order valence-electron chi connectivity index (χ4n) is 2.35. The molecule has 0 aliphatic rings. The Morgan fingerprint density at radius 3 is 2.28 bits per heavy atom. The van der Waals surface area contributed by atoms with Gasteiger partial charge < -0.3 is 4.74 Å². The lowest BCUT2D eigenvalue weighted by atomic mass is 10.2. The van der Waals surface area contributed by atoms with Crippen molar-refractivity contribution in [3.63, 3.8) is 0 Å². The average Bonchev–Trinajstić information content (AvgIpc) is 2.59. The minimum atomic E-state index is -5.02. The molecule has 0 spiro atoms. The molecule has 13 heteroatoms. The first-order valence-corrected chi connectivity index (χ1v) is 9.04. The highest BCUT2D eigenvalue weighted by Crippen LogP contribution is 2.33. The third-order valence-electron chi connectivity index (χ3n) is 3.49. The molecule has 0 radical (unpaired) electrons. The van der Waals surface area contributed by atoms with Crippen LogP contribution >= 0.6 is 0 Å². The Labute approximate surface area is 159 Å². The number of nitrogens with zero attached hydrogens (tertiary/aromatic N) is 2. The molecule has 0 unspecified atom stereocenters. The second-order valence-electron chi connectivity index (χ2n) is 5.58. The van der Waals surface area contributed by atoms with Crippen LogP contribution in [0.5, 0.6) is 5.75 Å². The minimum absolute atomic E-state index is 0.00507. The molecule has 3 aromatic rings. The number of fused-ring (bicyclic) bond motifs is 1. The van der Waals surface area contributed by atoms with Crippen LogP contribution in [-0.4, -0.2) is 24.7 Å². The fourth-order valence-corrected chi connectivity index (χ4v) is 3.35. The van der Waals surface area contributed by atoms with E-state index in [-0.39, 0.29) is 16.6 Å². The second kappa shape index (κ2) is 7.06. The first kappa shape index (κ1) is 20.6. The zero-order valence-corrected chi connectivity index (χ0v) is 14.7. The summed E-state index contributed by atoms with van der Waals surface area (Å²) in [6.07, 6.45) is -8.02. The molecule has 0 aliphatic carbocycles. The van der Waals surface area contributed by atoms with Crippen LogP contribution in [0.15, 0.2) is 53.7 Å². The van der Waals surface area contributed by atoms with Crippen molar-refractivity contribution in [3.8, 4) is 5.75 Å². The minimum Gasteiger partial charge on any atom is -0.406 e. The Bertz CT molecular complexity index is 1150. The van der Waals surface area contributed by atoms with Crippen molar-refractivity contribution in [1.82, 2.24) is 9.97 Å². The topological polar surface area (TPSA) is 81.2 Å². The van der Waals surface area contributed by atoms with Gasteiger partial charge in [-0.2, -0.15) is 13.2 Å². The summed E-state index contributed by atoms with van der Waals surface area (Å²) in [5.41, 5.74) is -1.66. The lowest BCUT2D eigenvalue weighted by Crippen LogP contribution is -2.18. The predicted octanol–water partition coefficient (Wildman–Crippen LogP) is 4.35. The highest BCUT2D eigenvalue weighted by atomic mass is 32.2. The number of sulfonamides is 1. The van der Waals surface area contributed by atoms with Gasteiger partial charge in [-0.1, -0.05) is 6.07 Å². The molecule has 1 N–H and O–H groups in total. The number of rotatable bonds is 4. The van der Waals surface area contributed by atoms with Gasteiger partial charge in [0.2, 0.25) is 0 Å². The fraction of sp³-hybridized carbons (Fsp3) is 0.125. The molecule has 0 saturated heterocycles. The van der Waals surface area contributed by atoms with E-state index in [4.69, 9.17) is 0 Å². The van der Waals surface area contributed by atoms with Crippen molar-refractivity contribution in [1.29, 1.82) is 0 Å². The molecule has 29 heavy (non-hydrogen) atoms. The second-order valence-corrected chi connectivity index (χ2v) is 7.26. The van der Waals surface area contributed by atoms with Crippen LogP contribution in [0.4, 0.5) is 32.0 Å². The maximum atomic E-state index is 12.6. The Morgan fingerprint density at radius 2 is 1.69 bits per heavy atom. The largest absolute Gasteiger partial charge is 0.573 e. The number of pyridine rings is 2. The average molecular weight is 437 g/mol. The number of alkyl halides is 6. The molecule has 6 nitrogen and oxygen atoms in total. The number of ether oxygens (including phenoxy) is 1. The first-order valence-electron chi connectivity index (χ1n) is 7.56. The molecule has 0 aliphatic heterocycles. The van der Waals surface area contributed by atoms with Gasteiger partial charge >= 0.3 is 12.5 Å². The van der Waals surface area contributed by atoms with E-state index in [1.54, 1.807) is 0 Å². The summed E-state index contributed by atoms with van der Waals surface area (Å²) in [6.45, 7) is 0. The normalized spacial score (nSPS) is 12.8. The predicted molar refractivity (Wildman–Crippen MR) is 88.5 cm³/mol. The van der Waals surface area contributed by atoms with Crippen molar-refractivity contribution in [2.45, 2.75) is 17.4 Å². The zero-order valence-electron chi connectivity index (χ0n) is 13.9. The molecule has 0 bridgehead atoms. The summed E-state index contributed by atoms with van der Waals surface area (Å²) in [5, 5.41) is 0.137. The van der Waals surface area contributed by atoms with Gasteiger partial charge in [0.1, 0.15) is 16.3 Å². The number of anilines is 1. The molecule has 2 heterocycles. The van der Waals surface area contributed by atoms with Gasteiger partial charge in [0.05, 0.1) is 11.2 Å². The van der Waals surface area contributed by atoms with Crippen LogP contribution in [-0.2, 0) is 16.2 Å². The SMILES string of the molecule is O=S(=O)(Nc1cc(OC(F)(F)F)cc2cccnc12)c1ccc(C(F)(F)F)nc1. The van der Waals surface area contributed by atoms with Crippen LogP contribution in [0, 0.1) is 0 Å². The number of nitrogens with one attached hydrogen (secondary N) is 1. The van der Waals surface area contributed by atoms with E-state index >= 15 is 0 Å². The third kappa shape index (κ3) is 4.85. The van der Waals surface area contributed by atoms with Crippen molar-refractivity contribution in [2.75, 3.05) is 4.72 Å². The Morgan fingerprint density at radius 1 is 0.966 bits per heavy atom. The Balaban J connectivity index is 2.01. The summed E-state index contributed by atoms with van der Waals surface area (Å²) in [7, 11) is -4.48. The van der Waals surface area contributed by atoms with Crippen molar-refractivity contribution in [3.05, 3.63) is 54.5 Å². The summed E-state index contributed by atoms with van der Waals surface area (Å²) in [4.78, 5) is 6.34. The van der Waals surface area contributed by atoms with Crippen molar-refractivity contribution >= 4 is 26.6 Å². The molecule has 1 aromatic carbocycles. The van der Waals surface area contributed by atoms with Crippen LogP contribution in [0.1, 0.15) is 5.69 Å².